The molecular formula is C21H22N6OS2. The zero-order valence-electron chi connectivity index (χ0n) is 16.9. The van der Waals surface area contributed by atoms with Crippen molar-refractivity contribution in [3.8, 4) is 11.4 Å². The van der Waals surface area contributed by atoms with E-state index >= 15 is 0 Å². The van der Waals surface area contributed by atoms with Crippen LogP contribution in [0.4, 0.5) is 0 Å². The van der Waals surface area contributed by atoms with E-state index in [0.717, 1.165) is 26.4 Å². The molecule has 0 bridgehead atoms. The summed E-state index contributed by atoms with van der Waals surface area (Å²) in [6.07, 6.45) is 0. The fourth-order valence-electron chi connectivity index (χ4n) is 2.95. The number of thioether (sulfide) groups is 1. The van der Waals surface area contributed by atoms with Gasteiger partial charge in [0, 0.05) is 12.6 Å². The van der Waals surface area contributed by atoms with Crippen molar-refractivity contribution in [2.24, 2.45) is 0 Å². The Morgan fingerprint density at radius 2 is 1.93 bits per heavy atom. The molecule has 30 heavy (non-hydrogen) atoms. The highest BCUT2D eigenvalue weighted by Gasteiger charge is 2.22. The summed E-state index contributed by atoms with van der Waals surface area (Å²) in [6, 6.07) is 15.8. The van der Waals surface area contributed by atoms with Gasteiger partial charge >= 0.3 is 0 Å². The summed E-state index contributed by atoms with van der Waals surface area (Å²) < 4.78 is 2.55. The summed E-state index contributed by atoms with van der Waals surface area (Å²) in [6.45, 7) is 4.01. The summed E-state index contributed by atoms with van der Waals surface area (Å²) in [5.74, 6) is 6.93. The van der Waals surface area contributed by atoms with Gasteiger partial charge < -0.3 is 10.7 Å². The van der Waals surface area contributed by atoms with Crippen LogP contribution in [0.5, 0.6) is 0 Å². The van der Waals surface area contributed by atoms with Gasteiger partial charge in [-0.15, -0.1) is 21.5 Å². The number of benzene rings is 2. The van der Waals surface area contributed by atoms with Crippen molar-refractivity contribution in [3.63, 3.8) is 0 Å². The third-order valence-corrected chi connectivity index (χ3v) is 7.08. The molecule has 0 saturated carbocycles. The van der Waals surface area contributed by atoms with Gasteiger partial charge in [0.05, 0.1) is 22.0 Å². The van der Waals surface area contributed by atoms with Gasteiger partial charge in [0.1, 0.15) is 5.01 Å². The van der Waals surface area contributed by atoms with Crippen LogP contribution in [-0.4, -0.2) is 43.5 Å². The lowest BCUT2D eigenvalue weighted by Crippen LogP contribution is -2.31. The molecule has 2 aromatic heterocycles. The van der Waals surface area contributed by atoms with Crippen LogP contribution < -0.4 is 5.84 Å². The number of amides is 1. The molecule has 0 spiro atoms. The Bertz CT molecular complexity index is 1150. The number of carbonyl (C=O) groups is 1. The summed E-state index contributed by atoms with van der Waals surface area (Å²) in [4.78, 5) is 19.1. The summed E-state index contributed by atoms with van der Waals surface area (Å²) in [5.41, 5.74) is 3.00. The Morgan fingerprint density at radius 3 is 2.67 bits per heavy atom. The summed E-state index contributed by atoms with van der Waals surface area (Å²) >= 11 is 2.89. The topological polar surface area (TPSA) is 89.9 Å². The maximum Gasteiger partial charge on any atom is 0.233 e. The van der Waals surface area contributed by atoms with Crippen molar-refractivity contribution < 1.29 is 4.79 Å². The number of nitrogens with two attached hydrogens (primary N) is 1. The fraction of sp³-hybridized carbons (Fsp3) is 0.238. The minimum Gasteiger partial charge on any atom is -0.336 e. The molecule has 4 rings (SSSR count). The third-order valence-electron chi connectivity index (χ3n) is 4.94. The number of hydrogen-bond donors (Lipinski definition) is 1. The van der Waals surface area contributed by atoms with Crippen LogP contribution in [0.2, 0.25) is 0 Å². The average molecular weight is 439 g/mol. The SMILES string of the molecule is Cc1ccc(-c2nnc(SCC(=O)N(C)[C@@H](C)c3nc4ccccc4s3)n2N)cc1. The van der Waals surface area contributed by atoms with Gasteiger partial charge in [0.15, 0.2) is 5.82 Å². The first-order chi connectivity index (χ1) is 14.4. The summed E-state index contributed by atoms with van der Waals surface area (Å²) in [7, 11) is 1.80. The van der Waals surface area contributed by atoms with Gasteiger partial charge in [-0.1, -0.05) is 53.7 Å². The van der Waals surface area contributed by atoms with Crippen LogP contribution in [0.1, 0.15) is 23.5 Å². The van der Waals surface area contributed by atoms with Gasteiger partial charge in [-0.05, 0) is 26.0 Å². The molecule has 0 aliphatic heterocycles. The lowest BCUT2D eigenvalue weighted by Gasteiger charge is -2.23. The number of aryl methyl sites for hydroxylation is 1. The van der Waals surface area contributed by atoms with Crippen molar-refractivity contribution in [2.75, 3.05) is 18.6 Å². The number of rotatable bonds is 6. The standard InChI is InChI=1S/C21H22N6OS2/c1-13-8-10-15(11-9-13)19-24-25-21(27(19)22)29-12-18(28)26(3)14(2)20-23-16-6-4-5-7-17(16)30-20/h4-11,14H,12,22H2,1-3H3/t14-/m0/s1. The first kappa shape index (κ1) is 20.4. The maximum atomic E-state index is 12.8. The van der Waals surface area contributed by atoms with Gasteiger partial charge in [0.25, 0.3) is 0 Å². The second-order valence-corrected chi connectivity index (χ2v) is 9.04. The number of carbonyl (C=O) groups excluding carboxylic acids is 1. The quantitative estimate of drug-likeness (QED) is 0.363. The first-order valence-corrected chi connectivity index (χ1v) is 11.3. The molecule has 1 atom stereocenters. The highest BCUT2D eigenvalue weighted by molar-refractivity contribution is 7.99. The summed E-state index contributed by atoms with van der Waals surface area (Å²) in [5, 5.41) is 9.74. The molecule has 4 aromatic rings. The number of fused-ring (bicyclic) bond motifs is 1. The monoisotopic (exact) mass is 438 g/mol. The highest BCUT2D eigenvalue weighted by Crippen LogP contribution is 2.29. The zero-order chi connectivity index (χ0) is 21.3. The Kier molecular flexibility index (Phi) is 5.74. The number of hydrogen-bond acceptors (Lipinski definition) is 7. The molecule has 7 nitrogen and oxygen atoms in total. The van der Waals surface area contributed by atoms with Crippen LogP contribution in [0.3, 0.4) is 0 Å². The molecule has 2 aromatic carbocycles. The number of aromatic nitrogens is 4. The Morgan fingerprint density at radius 1 is 1.20 bits per heavy atom. The minimum absolute atomic E-state index is 0.0216. The molecule has 0 radical (unpaired) electrons. The number of thiazole rings is 1. The van der Waals surface area contributed by atoms with Crippen molar-refractivity contribution in [1.29, 1.82) is 0 Å². The minimum atomic E-state index is -0.116. The Balaban J connectivity index is 1.42. The molecule has 0 unspecified atom stereocenters. The van der Waals surface area contributed by atoms with E-state index in [1.807, 2.05) is 62.4 Å². The highest BCUT2D eigenvalue weighted by atomic mass is 32.2. The molecule has 0 fully saturated rings. The van der Waals surface area contributed by atoms with E-state index in [4.69, 9.17) is 5.84 Å². The van der Waals surface area contributed by atoms with E-state index in [2.05, 4.69) is 15.2 Å². The van der Waals surface area contributed by atoms with E-state index < -0.39 is 0 Å². The second-order valence-electron chi connectivity index (χ2n) is 7.03. The largest absolute Gasteiger partial charge is 0.336 e. The smallest absolute Gasteiger partial charge is 0.233 e. The lowest BCUT2D eigenvalue weighted by molar-refractivity contribution is -0.128. The van der Waals surface area contributed by atoms with Gasteiger partial charge in [-0.25, -0.2) is 9.66 Å². The average Bonchev–Trinajstić information content (AvgIpc) is 3.35. The molecule has 0 saturated heterocycles. The van der Waals surface area contributed by atoms with E-state index in [1.165, 1.54) is 16.4 Å². The molecular weight excluding hydrogens is 416 g/mol. The van der Waals surface area contributed by atoms with Crippen LogP contribution in [-0.2, 0) is 4.79 Å². The molecule has 154 valence electrons. The number of para-hydroxylation sites is 1. The van der Waals surface area contributed by atoms with E-state index in [9.17, 15) is 4.79 Å². The van der Waals surface area contributed by atoms with E-state index in [1.54, 1.807) is 23.3 Å². The van der Waals surface area contributed by atoms with Crippen molar-refractivity contribution in [2.45, 2.75) is 25.0 Å². The first-order valence-electron chi connectivity index (χ1n) is 9.45. The van der Waals surface area contributed by atoms with E-state index in [0.29, 0.717) is 11.0 Å². The Hall–Kier alpha value is -2.91. The Labute approximate surface area is 182 Å². The fourth-order valence-corrected chi connectivity index (χ4v) is 4.80. The van der Waals surface area contributed by atoms with Crippen molar-refractivity contribution in [3.05, 3.63) is 59.1 Å². The van der Waals surface area contributed by atoms with Crippen LogP contribution in [0.15, 0.2) is 53.7 Å². The molecule has 2 heterocycles. The normalized spacial score (nSPS) is 12.2. The molecule has 9 heteroatoms. The second kappa shape index (κ2) is 8.45. The number of nitrogens with zero attached hydrogens (tertiary/aromatic N) is 5. The van der Waals surface area contributed by atoms with E-state index in [-0.39, 0.29) is 17.7 Å². The van der Waals surface area contributed by atoms with Crippen LogP contribution in [0, 0.1) is 6.92 Å². The van der Waals surface area contributed by atoms with Crippen LogP contribution in [0.25, 0.3) is 21.6 Å². The zero-order valence-corrected chi connectivity index (χ0v) is 18.6. The molecule has 0 aliphatic carbocycles. The van der Waals surface area contributed by atoms with Crippen LogP contribution >= 0.6 is 23.1 Å². The van der Waals surface area contributed by atoms with Gasteiger partial charge in [-0.3, -0.25) is 4.79 Å². The predicted molar refractivity (Wildman–Crippen MR) is 122 cm³/mol. The third kappa shape index (κ3) is 4.03. The molecule has 2 N–H and O–H groups in total. The molecule has 0 aliphatic rings. The van der Waals surface area contributed by atoms with Crippen molar-refractivity contribution >= 4 is 39.2 Å². The lowest BCUT2D eigenvalue weighted by atomic mass is 10.1. The maximum absolute atomic E-state index is 12.8. The molecule has 1 amide bonds. The van der Waals surface area contributed by atoms with Crippen molar-refractivity contribution in [1.82, 2.24) is 24.8 Å². The number of nitrogen functional groups attached to an aromatic ring is 1. The predicted octanol–water partition coefficient (Wildman–Crippen LogP) is 3.89. The van der Waals surface area contributed by atoms with Gasteiger partial charge in [-0.2, -0.15) is 0 Å². The van der Waals surface area contributed by atoms with Gasteiger partial charge in [0.2, 0.25) is 11.1 Å².